The van der Waals surface area contributed by atoms with Gasteiger partial charge in [0, 0.05) is 0 Å². The van der Waals surface area contributed by atoms with Crippen molar-refractivity contribution in [2.24, 2.45) is 0 Å². The van der Waals surface area contributed by atoms with Gasteiger partial charge in [-0.15, -0.1) is 0 Å². The van der Waals surface area contributed by atoms with Crippen molar-refractivity contribution >= 4 is 11.9 Å². The highest BCUT2D eigenvalue weighted by molar-refractivity contribution is 5.78. The molecule has 0 radical (unpaired) electrons. The van der Waals surface area contributed by atoms with E-state index >= 15 is 0 Å². The Morgan fingerprint density at radius 2 is 2.05 bits per heavy atom. The number of aliphatic hydroxyl groups excluding tert-OH is 1. The summed E-state index contributed by atoms with van der Waals surface area (Å²) in [6, 6.07) is 7.51. The number of benzene rings is 1. The molecule has 1 aromatic rings. The second-order valence-electron chi connectivity index (χ2n) is 4.21. The second kappa shape index (κ2) is 8.16. The molecule has 20 heavy (non-hydrogen) atoms. The van der Waals surface area contributed by atoms with Crippen LogP contribution in [0, 0.1) is 6.92 Å². The number of hydrogen-bond donors (Lipinski definition) is 2. The van der Waals surface area contributed by atoms with Crippen molar-refractivity contribution < 1.29 is 24.2 Å². The molecule has 0 heterocycles. The van der Waals surface area contributed by atoms with Gasteiger partial charge in [0.1, 0.15) is 5.75 Å². The third kappa shape index (κ3) is 5.27. The first-order valence-corrected chi connectivity index (χ1v) is 6.25. The molecule has 1 amide bonds. The maximum Gasteiger partial charge on any atom is 0.336 e. The number of hydrogen-bond acceptors (Lipinski definition) is 5. The molecule has 0 fully saturated rings. The van der Waals surface area contributed by atoms with Crippen molar-refractivity contribution in [1.29, 1.82) is 0 Å². The van der Waals surface area contributed by atoms with Crippen LogP contribution in [0.1, 0.15) is 12.0 Å². The van der Waals surface area contributed by atoms with Gasteiger partial charge in [-0.1, -0.05) is 18.2 Å². The van der Waals surface area contributed by atoms with Crippen LogP contribution in [0.15, 0.2) is 24.3 Å². The number of methoxy groups -OCH3 is 1. The Kier molecular flexibility index (Phi) is 6.52. The van der Waals surface area contributed by atoms with Crippen LogP contribution >= 0.6 is 0 Å². The quantitative estimate of drug-likeness (QED) is 0.707. The molecule has 1 aromatic carbocycles. The number of rotatable bonds is 7. The molecular formula is C14H19NO5. The Balaban J connectivity index is 2.24. The summed E-state index contributed by atoms with van der Waals surface area (Å²) in [4.78, 5) is 22.4. The number of para-hydroxylation sites is 1. The molecule has 0 saturated carbocycles. The SMILES string of the molecule is COC(=O)C(O)CNC(=O)CCOc1ccccc1C. The summed E-state index contributed by atoms with van der Waals surface area (Å²) in [5.74, 6) is -0.349. The number of aliphatic hydroxyl groups is 1. The minimum atomic E-state index is -1.35. The standard InChI is InChI=1S/C14H19NO5/c1-10-5-3-4-6-12(10)20-8-7-13(17)15-9-11(16)14(18)19-2/h3-6,11,16H,7-9H2,1-2H3,(H,15,17). The molecule has 6 heteroatoms. The number of carbonyl (C=O) groups excluding carboxylic acids is 2. The largest absolute Gasteiger partial charge is 0.493 e. The number of ether oxygens (including phenoxy) is 2. The van der Waals surface area contributed by atoms with Crippen molar-refractivity contribution in [1.82, 2.24) is 5.32 Å². The van der Waals surface area contributed by atoms with E-state index in [-0.39, 0.29) is 25.5 Å². The van der Waals surface area contributed by atoms with Gasteiger partial charge in [0.2, 0.25) is 5.91 Å². The Hall–Kier alpha value is -2.08. The average molecular weight is 281 g/mol. The molecular weight excluding hydrogens is 262 g/mol. The zero-order valence-electron chi connectivity index (χ0n) is 11.6. The van der Waals surface area contributed by atoms with Crippen LogP contribution in [0.3, 0.4) is 0 Å². The first-order valence-electron chi connectivity index (χ1n) is 6.25. The Morgan fingerprint density at radius 3 is 2.70 bits per heavy atom. The topological polar surface area (TPSA) is 84.9 Å². The molecule has 1 rings (SSSR count). The smallest absolute Gasteiger partial charge is 0.336 e. The van der Waals surface area contributed by atoms with Gasteiger partial charge >= 0.3 is 5.97 Å². The van der Waals surface area contributed by atoms with E-state index in [1.165, 1.54) is 7.11 Å². The summed E-state index contributed by atoms with van der Waals surface area (Å²) in [5, 5.41) is 11.7. The lowest BCUT2D eigenvalue weighted by Crippen LogP contribution is -2.37. The average Bonchev–Trinajstić information content (AvgIpc) is 2.45. The minimum Gasteiger partial charge on any atom is -0.493 e. The fraction of sp³-hybridized carbons (Fsp3) is 0.429. The van der Waals surface area contributed by atoms with E-state index in [0.717, 1.165) is 11.3 Å². The molecule has 1 atom stereocenters. The number of amides is 1. The molecule has 0 aromatic heterocycles. The van der Waals surface area contributed by atoms with E-state index in [1.54, 1.807) is 0 Å². The highest BCUT2D eigenvalue weighted by Gasteiger charge is 2.15. The van der Waals surface area contributed by atoms with Crippen molar-refractivity contribution in [3.05, 3.63) is 29.8 Å². The van der Waals surface area contributed by atoms with Crippen LogP contribution in [-0.4, -0.2) is 43.3 Å². The highest BCUT2D eigenvalue weighted by atomic mass is 16.5. The van der Waals surface area contributed by atoms with Crippen molar-refractivity contribution in [3.63, 3.8) is 0 Å². The van der Waals surface area contributed by atoms with Crippen molar-refractivity contribution in [2.45, 2.75) is 19.4 Å². The molecule has 0 aliphatic carbocycles. The second-order valence-corrected chi connectivity index (χ2v) is 4.21. The molecule has 1 unspecified atom stereocenters. The molecule has 2 N–H and O–H groups in total. The van der Waals surface area contributed by atoms with Crippen LogP contribution in [0.5, 0.6) is 5.75 Å². The summed E-state index contributed by atoms with van der Waals surface area (Å²) < 4.78 is 9.80. The fourth-order valence-electron chi connectivity index (χ4n) is 1.49. The molecule has 0 aliphatic heterocycles. The monoisotopic (exact) mass is 281 g/mol. The number of carbonyl (C=O) groups is 2. The van der Waals surface area contributed by atoms with Gasteiger partial charge < -0.3 is 19.9 Å². The van der Waals surface area contributed by atoms with Crippen LogP contribution in [0.25, 0.3) is 0 Å². The molecule has 0 saturated heterocycles. The van der Waals surface area contributed by atoms with Gasteiger partial charge in [-0.05, 0) is 18.6 Å². The van der Waals surface area contributed by atoms with Gasteiger partial charge in [-0.3, -0.25) is 4.79 Å². The molecule has 110 valence electrons. The van der Waals surface area contributed by atoms with E-state index in [1.807, 2.05) is 31.2 Å². The van der Waals surface area contributed by atoms with Gasteiger partial charge in [0.15, 0.2) is 6.10 Å². The van der Waals surface area contributed by atoms with Crippen molar-refractivity contribution in [3.8, 4) is 5.75 Å². The summed E-state index contributed by atoms with van der Waals surface area (Å²) in [6.07, 6.45) is -1.20. The Labute approximate surface area is 117 Å². The van der Waals surface area contributed by atoms with Crippen LogP contribution in [0.2, 0.25) is 0 Å². The van der Waals surface area contributed by atoms with Crippen LogP contribution in [-0.2, 0) is 14.3 Å². The van der Waals surface area contributed by atoms with Gasteiger partial charge in [0.25, 0.3) is 0 Å². The van der Waals surface area contributed by atoms with Crippen LogP contribution in [0.4, 0.5) is 0 Å². The van der Waals surface area contributed by atoms with E-state index in [9.17, 15) is 14.7 Å². The summed E-state index contributed by atoms with van der Waals surface area (Å²) in [6.45, 7) is 1.98. The predicted octanol–water partition coefficient (Wildman–Crippen LogP) is 0.414. The van der Waals surface area contributed by atoms with E-state index < -0.39 is 12.1 Å². The molecule has 0 spiro atoms. The maximum absolute atomic E-state index is 11.5. The summed E-state index contributed by atoms with van der Waals surface area (Å²) in [7, 11) is 1.17. The zero-order valence-corrected chi connectivity index (χ0v) is 11.6. The first-order chi connectivity index (χ1) is 9.54. The van der Waals surface area contributed by atoms with E-state index in [4.69, 9.17) is 4.74 Å². The zero-order chi connectivity index (χ0) is 15.0. The Bertz CT molecular complexity index is 461. The lowest BCUT2D eigenvalue weighted by atomic mass is 10.2. The van der Waals surface area contributed by atoms with Gasteiger partial charge in [-0.25, -0.2) is 4.79 Å². The van der Waals surface area contributed by atoms with Gasteiger partial charge in [0.05, 0.1) is 26.7 Å². The number of nitrogens with one attached hydrogen (secondary N) is 1. The van der Waals surface area contributed by atoms with E-state index in [0.29, 0.717) is 0 Å². The third-order valence-corrected chi connectivity index (χ3v) is 2.65. The van der Waals surface area contributed by atoms with Gasteiger partial charge in [-0.2, -0.15) is 0 Å². The lowest BCUT2D eigenvalue weighted by molar-refractivity contribution is -0.150. The minimum absolute atomic E-state index is 0.141. The molecule has 0 bridgehead atoms. The summed E-state index contributed by atoms with van der Waals surface area (Å²) in [5.41, 5.74) is 0.994. The third-order valence-electron chi connectivity index (χ3n) is 2.65. The molecule has 0 aliphatic rings. The number of esters is 1. The first kappa shape index (κ1) is 16.0. The predicted molar refractivity (Wildman–Crippen MR) is 72.3 cm³/mol. The Morgan fingerprint density at radius 1 is 1.35 bits per heavy atom. The highest BCUT2D eigenvalue weighted by Crippen LogP contribution is 2.15. The summed E-state index contributed by atoms with van der Waals surface area (Å²) >= 11 is 0. The molecule has 6 nitrogen and oxygen atoms in total. The van der Waals surface area contributed by atoms with Crippen molar-refractivity contribution in [2.75, 3.05) is 20.3 Å². The fourth-order valence-corrected chi connectivity index (χ4v) is 1.49. The lowest BCUT2D eigenvalue weighted by Gasteiger charge is -2.11. The maximum atomic E-state index is 11.5. The number of aryl methyl sites for hydroxylation is 1. The van der Waals surface area contributed by atoms with Crippen LogP contribution < -0.4 is 10.1 Å². The normalized spacial score (nSPS) is 11.6. The van der Waals surface area contributed by atoms with E-state index in [2.05, 4.69) is 10.1 Å².